The molecule has 0 unspecified atom stereocenters. The van der Waals surface area contributed by atoms with E-state index in [4.69, 9.17) is 5.11 Å². The van der Waals surface area contributed by atoms with Crippen LogP contribution in [-0.4, -0.2) is 39.3 Å². The molecule has 0 saturated carbocycles. The molecule has 1 aliphatic heterocycles. The molecule has 6 heteroatoms. The molecule has 0 atom stereocenters. The van der Waals surface area contributed by atoms with E-state index >= 15 is 0 Å². The van der Waals surface area contributed by atoms with Crippen molar-refractivity contribution in [2.24, 2.45) is 0 Å². The maximum absolute atomic E-state index is 10.5. The lowest BCUT2D eigenvalue weighted by Crippen LogP contribution is -2.35. The average molecular weight is 272 g/mol. The maximum Gasteiger partial charge on any atom is 0.313 e. The second-order valence-electron chi connectivity index (χ2n) is 4.35. The second-order valence-corrected chi connectivity index (χ2v) is 6.65. The maximum atomic E-state index is 10.5. The summed E-state index contributed by atoms with van der Waals surface area (Å²) in [6, 6.07) is 0.556. The quantitative estimate of drug-likeness (QED) is 0.851. The average Bonchev–Trinajstić information content (AvgIpc) is 2.67. The number of hydrogen-bond donors (Lipinski definition) is 1. The van der Waals surface area contributed by atoms with Crippen LogP contribution in [-0.2, 0) is 17.8 Å². The van der Waals surface area contributed by atoms with E-state index in [-0.39, 0.29) is 5.75 Å². The molecule has 94 valence electrons. The minimum absolute atomic E-state index is 0.0975. The molecule has 1 N–H and O–H groups in total. The Morgan fingerprint density at radius 1 is 1.65 bits per heavy atom. The largest absolute Gasteiger partial charge is 0.481 e. The Balaban J connectivity index is 2.04. The highest BCUT2D eigenvalue weighted by Crippen LogP contribution is 2.31. The summed E-state index contributed by atoms with van der Waals surface area (Å²) < 4.78 is 0.892. The van der Waals surface area contributed by atoms with Crippen molar-refractivity contribution in [3.05, 3.63) is 10.6 Å². The molecule has 0 saturated heterocycles. The van der Waals surface area contributed by atoms with Gasteiger partial charge >= 0.3 is 5.97 Å². The van der Waals surface area contributed by atoms with Gasteiger partial charge in [0, 0.05) is 30.4 Å². The zero-order chi connectivity index (χ0) is 12.4. The minimum atomic E-state index is -0.785. The normalized spacial score (nSPS) is 16.2. The highest BCUT2D eigenvalue weighted by molar-refractivity contribution is 8.01. The first-order valence-electron chi connectivity index (χ1n) is 5.63. The molecular formula is C11H16N2O2S2. The zero-order valence-electron chi connectivity index (χ0n) is 9.97. The molecule has 0 aliphatic carbocycles. The number of carbonyl (C=O) groups is 1. The number of nitrogens with zero attached hydrogens (tertiary/aromatic N) is 2. The van der Waals surface area contributed by atoms with Crippen LogP contribution < -0.4 is 0 Å². The van der Waals surface area contributed by atoms with Gasteiger partial charge in [0.25, 0.3) is 0 Å². The number of carboxylic acids is 1. The summed E-state index contributed by atoms with van der Waals surface area (Å²) in [5, 5.41) is 8.64. The van der Waals surface area contributed by atoms with Gasteiger partial charge in [-0.05, 0) is 13.8 Å². The number of aliphatic carboxylic acids is 1. The Morgan fingerprint density at radius 3 is 3.06 bits per heavy atom. The summed E-state index contributed by atoms with van der Waals surface area (Å²) >= 11 is 2.97. The van der Waals surface area contributed by atoms with Crippen molar-refractivity contribution in [1.29, 1.82) is 0 Å². The number of thioether (sulfide) groups is 1. The van der Waals surface area contributed by atoms with E-state index in [0.717, 1.165) is 23.8 Å². The van der Waals surface area contributed by atoms with Gasteiger partial charge in [0.15, 0.2) is 4.34 Å². The van der Waals surface area contributed by atoms with Crippen LogP contribution in [0.5, 0.6) is 0 Å². The van der Waals surface area contributed by atoms with Crippen LogP contribution in [0.25, 0.3) is 0 Å². The van der Waals surface area contributed by atoms with E-state index in [0.29, 0.717) is 6.04 Å². The van der Waals surface area contributed by atoms with E-state index < -0.39 is 5.97 Å². The molecule has 17 heavy (non-hydrogen) atoms. The molecule has 0 bridgehead atoms. The molecule has 2 rings (SSSR count). The lowest BCUT2D eigenvalue weighted by Gasteiger charge is -2.29. The lowest BCUT2D eigenvalue weighted by atomic mass is 10.1. The van der Waals surface area contributed by atoms with Crippen LogP contribution >= 0.6 is 23.1 Å². The van der Waals surface area contributed by atoms with Crippen LogP contribution in [0.4, 0.5) is 0 Å². The van der Waals surface area contributed by atoms with Crippen LogP contribution in [0.1, 0.15) is 24.4 Å². The summed E-state index contributed by atoms with van der Waals surface area (Å²) in [4.78, 5) is 18.7. The highest BCUT2D eigenvalue weighted by Gasteiger charge is 2.22. The van der Waals surface area contributed by atoms with Gasteiger partial charge < -0.3 is 5.11 Å². The molecule has 1 aromatic heterocycles. The first-order valence-corrected chi connectivity index (χ1v) is 7.43. The lowest BCUT2D eigenvalue weighted by molar-refractivity contribution is -0.133. The molecule has 0 fully saturated rings. The highest BCUT2D eigenvalue weighted by atomic mass is 32.2. The molecule has 1 aromatic rings. The summed E-state index contributed by atoms with van der Waals surface area (Å²) in [6.45, 7) is 6.41. The number of fused-ring (bicyclic) bond motifs is 1. The minimum Gasteiger partial charge on any atom is -0.481 e. The fourth-order valence-corrected chi connectivity index (χ4v) is 3.82. The van der Waals surface area contributed by atoms with E-state index in [9.17, 15) is 4.79 Å². The Bertz CT molecular complexity index is 418. The Kier molecular flexibility index (Phi) is 4.06. The summed E-state index contributed by atoms with van der Waals surface area (Å²) in [6.07, 6.45) is 0.984. The van der Waals surface area contributed by atoms with Crippen molar-refractivity contribution in [2.75, 3.05) is 12.3 Å². The zero-order valence-corrected chi connectivity index (χ0v) is 11.6. The molecule has 0 aromatic carbocycles. The van der Waals surface area contributed by atoms with Gasteiger partial charge in [-0.15, -0.1) is 11.3 Å². The fraction of sp³-hybridized carbons (Fsp3) is 0.636. The van der Waals surface area contributed by atoms with Crippen molar-refractivity contribution < 1.29 is 9.90 Å². The predicted molar refractivity (Wildman–Crippen MR) is 69.7 cm³/mol. The SMILES string of the molecule is CC(C)N1CCc2nc(SCC(=O)O)sc2C1. The topological polar surface area (TPSA) is 53.4 Å². The van der Waals surface area contributed by atoms with Gasteiger partial charge in [-0.25, -0.2) is 4.98 Å². The van der Waals surface area contributed by atoms with E-state index in [1.165, 1.54) is 22.3 Å². The van der Waals surface area contributed by atoms with E-state index in [1.54, 1.807) is 11.3 Å². The van der Waals surface area contributed by atoms with Crippen molar-refractivity contribution in [3.8, 4) is 0 Å². The van der Waals surface area contributed by atoms with Crippen molar-refractivity contribution >= 4 is 29.1 Å². The molecule has 0 radical (unpaired) electrons. The second kappa shape index (κ2) is 5.37. The monoisotopic (exact) mass is 272 g/mol. The number of aromatic nitrogens is 1. The van der Waals surface area contributed by atoms with E-state index in [2.05, 4.69) is 23.7 Å². The van der Waals surface area contributed by atoms with Gasteiger partial charge in [0.1, 0.15) is 0 Å². The Hall–Kier alpha value is -0.590. The Morgan fingerprint density at radius 2 is 2.41 bits per heavy atom. The molecule has 0 spiro atoms. The van der Waals surface area contributed by atoms with Gasteiger partial charge in [-0.1, -0.05) is 11.8 Å². The molecule has 4 nitrogen and oxygen atoms in total. The summed E-state index contributed by atoms with van der Waals surface area (Å²) in [5.74, 6) is -0.688. The smallest absolute Gasteiger partial charge is 0.313 e. The number of thiazole rings is 1. The van der Waals surface area contributed by atoms with Gasteiger partial charge in [-0.2, -0.15) is 0 Å². The number of carboxylic acid groups (broad SMARTS) is 1. The van der Waals surface area contributed by atoms with Crippen molar-refractivity contribution in [1.82, 2.24) is 9.88 Å². The van der Waals surface area contributed by atoms with Crippen LogP contribution in [0.3, 0.4) is 0 Å². The third-order valence-corrected chi connectivity index (χ3v) is 5.00. The summed E-state index contributed by atoms with van der Waals surface area (Å²) in [7, 11) is 0. The third kappa shape index (κ3) is 3.20. The van der Waals surface area contributed by atoms with Crippen LogP contribution in [0.2, 0.25) is 0 Å². The first kappa shape index (κ1) is 12.9. The molecule has 1 aliphatic rings. The van der Waals surface area contributed by atoms with Crippen LogP contribution in [0, 0.1) is 0 Å². The molecule has 0 amide bonds. The number of rotatable bonds is 4. The van der Waals surface area contributed by atoms with Gasteiger partial charge in [0.05, 0.1) is 11.4 Å². The fourth-order valence-electron chi connectivity index (χ4n) is 1.82. The van der Waals surface area contributed by atoms with Crippen molar-refractivity contribution in [3.63, 3.8) is 0 Å². The van der Waals surface area contributed by atoms with Crippen molar-refractivity contribution in [2.45, 2.75) is 37.2 Å². The predicted octanol–water partition coefficient (Wildman–Crippen LogP) is 2.09. The third-order valence-electron chi connectivity index (χ3n) is 2.79. The number of hydrogen-bond acceptors (Lipinski definition) is 5. The first-order chi connectivity index (χ1) is 8.06. The van der Waals surface area contributed by atoms with Crippen LogP contribution in [0.15, 0.2) is 4.34 Å². The standard InChI is InChI=1S/C11H16N2O2S2/c1-7(2)13-4-3-8-9(5-13)17-11(12-8)16-6-10(14)15/h7H,3-6H2,1-2H3,(H,14,15). The Labute approximate surface area is 109 Å². The molecule has 2 heterocycles. The van der Waals surface area contributed by atoms with Gasteiger partial charge in [-0.3, -0.25) is 9.69 Å². The van der Waals surface area contributed by atoms with Gasteiger partial charge in [0.2, 0.25) is 0 Å². The molecular weight excluding hydrogens is 256 g/mol. The van der Waals surface area contributed by atoms with E-state index in [1.807, 2.05) is 0 Å². The summed E-state index contributed by atoms with van der Waals surface area (Å²) in [5.41, 5.74) is 1.17.